The highest BCUT2D eigenvalue weighted by Crippen LogP contribution is 2.26. The van der Waals surface area contributed by atoms with Crippen LogP contribution in [0.25, 0.3) is 0 Å². The Kier molecular flexibility index (Phi) is 4.02. The maximum atomic E-state index is 10.7. The summed E-state index contributed by atoms with van der Waals surface area (Å²) in [5, 5.41) is 25.3. The van der Waals surface area contributed by atoms with E-state index in [2.05, 4.69) is 10.2 Å². The number of aromatic nitrogens is 2. The summed E-state index contributed by atoms with van der Waals surface area (Å²) in [6, 6.07) is -0.0503. The van der Waals surface area contributed by atoms with E-state index in [4.69, 9.17) is 5.11 Å². The molecule has 17 heavy (non-hydrogen) atoms. The molecule has 1 aromatic heterocycles. The largest absolute Gasteiger partial charge is 0.481 e. The van der Waals surface area contributed by atoms with E-state index in [9.17, 15) is 14.9 Å². The number of rotatable bonds is 6. The molecule has 0 radical (unpaired) electrons. The first-order valence-electron chi connectivity index (χ1n) is 5.09. The molecule has 0 saturated carbocycles. The van der Waals surface area contributed by atoms with E-state index in [1.807, 2.05) is 13.8 Å². The number of anilines is 1. The molecule has 0 amide bonds. The zero-order valence-electron chi connectivity index (χ0n) is 9.58. The lowest BCUT2D eigenvalue weighted by Gasteiger charge is -2.26. The number of nitrogens with zero attached hydrogens (tertiary/aromatic N) is 3. The Hall–Kier alpha value is -2.12. The molecule has 8 nitrogen and oxygen atoms in total. The Morgan fingerprint density at radius 3 is 2.82 bits per heavy atom. The first kappa shape index (κ1) is 12.9. The summed E-state index contributed by atoms with van der Waals surface area (Å²) in [4.78, 5) is 22.3. The van der Waals surface area contributed by atoms with Crippen LogP contribution in [0.15, 0.2) is 6.20 Å². The van der Waals surface area contributed by atoms with Crippen LogP contribution in [0.4, 0.5) is 11.5 Å². The Bertz CT molecular complexity index is 415. The normalized spacial score (nSPS) is 10.5. The molecule has 1 aromatic rings. The maximum absolute atomic E-state index is 10.7. The van der Waals surface area contributed by atoms with Gasteiger partial charge in [-0.15, -0.1) is 5.10 Å². The summed E-state index contributed by atoms with van der Waals surface area (Å²) >= 11 is 0. The number of aliphatic carboxylic acids is 1. The average Bonchev–Trinajstić information content (AvgIpc) is 2.65. The molecule has 94 valence electrons. The second-order valence-electron chi connectivity index (χ2n) is 3.79. The minimum atomic E-state index is -0.943. The van der Waals surface area contributed by atoms with Crippen LogP contribution >= 0.6 is 0 Å². The van der Waals surface area contributed by atoms with Gasteiger partial charge in [0.25, 0.3) is 0 Å². The molecule has 0 fully saturated rings. The lowest BCUT2D eigenvalue weighted by Crippen LogP contribution is -2.33. The van der Waals surface area contributed by atoms with Crippen molar-refractivity contribution in [2.45, 2.75) is 26.3 Å². The number of carboxylic acids is 1. The van der Waals surface area contributed by atoms with E-state index in [1.54, 1.807) is 4.90 Å². The van der Waals surface area contributed by atoms with Crippen LogP contribution in [0.2, 0.25) is 0 Å². The van der Waals surface area contributed by atoms with Crippen LogP contribution < -0.4 is 4.90 Å². The second kappa shape index (κ2) is 5.28. The van der Waals surface area contributed by atoms with Crippen LogP contribution in [-0.4, -0.2) is 38.8 Å². The highest BCUT2D eigenvalue weighted by molar-refractivity contribution is 5.68. The second-order valence-corrected chi connectivity index (χ2v) is 3.79. The van der Waals surface area contributed by atoms with Crippen molar-refractivity contribution in [2.75, 3.05) is 11.4 Å². The Balaban J connectivity index is 2.93. The zero-order valence-corrected chi connectivity index (χ0v) is 9.58. The first-order chi connectivity index (χ1) is 7.93. The van der Waals surface area contributed by atoms with Crippen LogP contribution in [0.5, 0.6) is 0 Å². The monoisotopic (exact) mass is 242 g/mol. The number of nitrogens with one attached hydrogen (secondary N) is 1. The van der Waals surface area contributed by atoms with Gasteiger partial charge in [0.05, 0.1) is 6.42 Å². The summed E-state index contributed by atoms with van der Waals surface area (Å²) in [6.45, 7) is 3.87. The predicted molar refractivity (Wildman–Crippen MR) is 60.0 cm³/mol. The third kappa shape index (κ3) is 3.16. The maximum Gasteiger partial charge on any atom is 0.366 e. The lowest BCUT2D eigenvalue weighted by molar-refractivity contribution is -0.388. The van der Waals surface area contributed by atoms with Gasteiger partial charge in [0.2, 0.25) is 0 Å². The number of hydrogen-bond donors (Lipinski definition) is 2. The number of aromatic amines is 1. The van der Waals surface area contributed by atoms with Gasteiger partial charge in [-0.3, -0.25) is 4.79 Å². The van der Waals surface area contributed by atoms with Crippen molar-refractivity contribution in [3.63, 3.8) is 0 Å². The molecule has 2 N–H and O–H groups in total. The number of H-pyrrole nitrogens is 1. The fourth-order valence-corrected chi connectivity index (χ4v) is 1.49. The van der Waals surface area contributed by atoms with E-state index in [1.165, 1.54) is 6.20 Å². The van der Waals surface area contributed by atoms with E-state index in [-0.39, 0.29) is 24.8 Å². The third-order valence-corrected chi connectivity index (χ3v) is 2.28. The Morgan fingerprint density at radius 2 is 2.35 bits per heavy atom. The molecule has 0 aliphatic heterocycles. The van der Waals surface area contributed by atoms with Crippen LogP contribution in [0.1, 0.15) is 20.3 Å². The molecule has 0 bridgehead atoms. The van der Waals surface area contributed by atoms with Gasteiger partial charge in [-0.05, 0) is 18.8 Å². The highest BCUT2D eigenvalue weighted by atomic mass is 16.6. The topological polar surface area (TPSA) is 112 Å². The molecule has 0 aliphatic rings. The SMILES string of the molecule is CC(C)N(CCC(=O)O)c1cn[nH]c1[N+](=O)[O-]. The third-order valence-electron chi connectivity index (χ3n) is 2.28. The fraction of sp³-hybridized carbons (Fsp3) is 0.556. The molecular formula is C9H14N4O4. The van der Waals surface area contributed by atoms with Gasteiger partial charge in [-0.2, -0.15) is 0 Å². The molecule has 8 heteroatoms. The molecule has 1 rings (SSSR count). The molecule has 0 atom stereocenters. The smallest absolute Gasteiger partial charge is 0.366 e. The molecule has 1 heterocycles. The Labute approximate surface area is 97.4 Å². The zero-order chi connectivity index (χ0) is 13.0. The van der Waals surface area contributed by atoms with Crippen molar-refractivity contribution in [1.29, 1.82) is 0 Å². The quantitative estimate of drug-likeness (QED) is 0.568. The van der Waals surface area contributed by atoms with Crippen molar-refractivity contribution < 1.29 is 14.8 Å². The van der Waals surface area contributed by atoms with Crippen molar-refractivity contribution in [3.8, 4) is 0 Å². The van der Waals surface area contributed by atoms with Crippen LogP contribution in [-0.2, 0) is 4.79 Å². The van der Waals surface area contributed by atoms with Gasteiger partial charge in [-0.1, -0.05) is 5.10 Å². The van der Waals surface area contributed by atoms with Crippen LogP contribution in [0.3, 0.4) is 0 Å². The molecule has 0 aliphatic carbocycles. The molecule has 0 unspecified atom stereocenters. The molecular weight excluding hydrogens is 228 g/mol. The summed E-state index contributed by atoms with van der Waals surface area (Å²) in [5.41, 5.74) is 0.311. The van der Waals surface area contributed by atoms with E-state index in [0.29, 0.717) is 5.69 Å². The molecule has 0 aromatic carbocycles. The van der Waals surface area contributed by atoms with E-state index < -0.39 is 10.9 Å². The summed E-state index contributed by atoms with van der Waals surface area (Å²) in [7, 11) is 0. The van der Waals surface area contributed by atoms with Gasteiger partial charge in [0, 0.05) is 12.6 Å². The average molecular weight is 242 g/mol. The summed E-state index contributed by atoms with van der Waals surface area (Å²) in [6.07, 6.45) is 1.25. The summed E-state index contributed by atoms with van der Waals surface area (Å²) in [5.74, 6) is -1.16. The number of hydrogen-bond acceptors (Lipinski definition) is 5. The van der Waals surface area contributed by atoms with Gasteiger partial charge in [0.15, 0.2) is 5.69 Å². The van der Waals surface area contributed by atoms with Gasteiger partial charge >= 0.3 is 11.8 Å². The van der Waals surface area contributed by atoms with Crippen molar-refractivity contribution in [2.24, 2.45) is 0 Å². The lowest BCUT2D eigenvalue weighted by atomic mass is 10.2. The Morgan fingerprint density at radius 1 is 1.71 bits per heavy atom. The van der Waals surface area contributed by atoms with E-state index >= 15 is 0 Å². The van der Waals surface area contributed by atoms with Crippen molar-refractivity contribution in [1.82, 2.24) is 10.2 Å². The molecule has 0 spiro atoms. The standard InChI is InChI=1S/C9H14N4O4/c1-6(2)12(4-3-8(14)15)7-5-10-11-9(7)13(16)17/h5-6H,3-4H2,1-2H3,(H,10,11)(H,14,15). The highest BCUT2D eigenvalue weighted by Gasteiger charge is 2.23. The van der Waals surface area contributed by atoms with Crippen LogP contribution in [0, 0.1) is 10.1 Å². The minimum absolute atomic E-state index is 0.0503. The van der Waals surface area contributed by atoms with Crippen molar-refractivity contribution in [3.05, 3.63) is 16.3 Å². The van der Waals surface area contributed by atoms with Crippen molar-refractivity contribution >= 4 is 17.5 Å². The fourth-order valence-electron chi connectivity index (χ4n) is 1.49. The van der Waals surface area contributed by atoms with Gasteiger partial charge < -0.3 is 20.1 Å². The van der Waals surface area contributed by atoms with E-state index in [0.717, 1.165) is 0 Å². The van der Waals surface area contributed by atoms with Gasteiger partial charge in [0.1, 0.15) is 6.20 Å². The summed E-state index contributed by atoms with van der Waals surface area (Å²) < 4.78 is 0. The molecule has 0 saturated heterocycles. The number of carboxylic acid groups (broad SMARTS) is 1. The number of nitro groups is 1. The van der Waals surface area contributed by atoms with Gasteiger partial charge in [-0.25, -0.2) is 0 Å². The predicted octanol–water partition coefficient (Wildman–Crippen LogP) is 1.01. The number of carbonyl (C=O) groups is 1. The minimum Gasteiger partial charge on any atom is -0.481 e. The first-order valence-corrected chi connectivity index (χ1v) is 5.09.